The number of carbonyl (C=O) groups excluding carboxylic acids is 2. The van der Waals surface area contributed by atoms with Gasteiger partial charge in [0.1, 0.15) is 10.8 Å². The molecule has 0 saturated carbocycles. The van der Waals surface area contributed by atoms with Crippen molar-refractivity contribution in [3.63, 3.8) is 0 Å². The minimum Gasteiger partial charge on any atom is -0.507 e. The number of anilines is 1. The van der Waals surface area contributed by atoms with Crippen molar-refractivity contribution in [2.45, 2.75) is 19.4 Å². The number of ether oxygens (including phenoxy) is 2. The maximum atomic E-state index is 13.3. The summed E-state index contributed by atoms with van der Waals surface area (Å²) in [5.41, 5.74) is 2.04. The van der Waals surface area contributed by atoms with Gasteiger partial charge in [-0.2, -0.15) is 0 Å². The van der Waals surface area contributed by atoms with Gasteiger partial charge >= 0.3 is 0 Å². The second-order valence-corrected chi connectivity index (χ2v) is 8.55. The number of pyridine rings is 1. The molecule has 180 valence electrons. The number of hydrogen-bond donors (Lipinski definition) is 1. The zero-order valence-corrected chi connectivity index (χ0v) is 20.7. The van der Waals surface area contributed by atoms with Crippen LogP contribution in [0.25, 0.3) is 5.76 Å². The van der Waals surface area contributed by atoms with Crippen LogP contribution in [-0.4, -0.2) is 36.0 Å². The third kappa shape index (κ3) is 4.22. The van der Waals surface area contributed by atoms with Crippen LogP contribution in [0.5, 0.6) is 11.5 Å². The molecule has 1 unspecified atom stereocenters. The lowest BCUT2D eigenvalue weighted by Crippen LogP contribution is -2.29. The number of aryl methyl sites for hydroxylation is 1. The summed E-state index contributed by atoms with van der Waals surface area (Å²) in [6.45, 7) is 2.02. The molecule has 1 fully saturated rings. The number of aromatic nitrogens is 1. The van der Waals surface area contributed by atoms with Gasteiger partial charge in [0, 0.05) is 18.1 Å². The number of halogens is 2. The van der Waals surface area contributed by atoms with E-state index in [1.165, 1.54) is 25.2 Å². The van der Waals surface area contributed by atoms with E-state index in [1.54, 1.807) is 36.7 Å². The predicted octanol–water partition coefficient (Wildman–Crippen LogP) is 5.59. The topological polar surface area (TPSA) is 89.0 Å². The SMILES string of the molecule is CCc1ccc(N2C(=O)C(=O)/C(=C(/O)c3cc(Cl)c(OC)c(Cl)c3OC)C2c2cccnc2)cc1. The molecular weight excluding hydrogens is 491 g/mol. The monoisotopic (exact) mass is 512 g/mol. The van der Waals surface area contributed by atoms with Gasteiger partial charge in [-0.25, -0.2) is 0 Å². The Morgan fingerprint density at radius 2 is 1.77 bits per heavy atom. The van der Waals surface area contributed by atoms with Crippen molar-refractivity contribution >= 4 is 46.3 Å². The molecule has 1 N–H and O–H groups in total. The Morgan fingerprint density at radius 3 is 2.34 bits per heavy atom. The third-order valence-corrected chi connectivity index (χ3v) is 6.49. The number of benzene rings is 2. The lowest BCUT2D eigenvalue weighted by Gasteiger charge is -2.25. The van der Waals surface area contributed by atoms with Crippen LogP contribution in [0.4, 0.5) is 5.69 Å². The van der Waals surface area contributed by atoms with E-state index in [2.05, 4.69) is 4.98 Å². The Balaban J connectivity index is 1.98. The fraction of sp³-hybridized carbons (Fsp3) is 0.192. The summed E-state index contributed by atoms with van der Waals surface area (Å²) in [6.07, 6.45) is 3.95. The second-order valence-electron chi connectivity index (χ2n) is 7.76. The lowest BCUT2D eigenvalue weighted by atomic mass is 9.95. The van der Waals surface area contributed by atoms with Gasteiger partial charge in [0.2, 0.25) is 0 Å². The molecule has 1 atom stereocenters. The van der Waals surface area contributed by atoms with E-state index in [4.69, 9.17) is 32.7 Å². The Morgan fingerprint density at radius 1 is 1.09 bits per heavy atom. The van der Waals surface area contributed by atoms with E-state index < -0.39 is 23.5 Å². The highest BCUT2D eigenvalue weighted by Crippen LogP contribution is 2.48. The van der Waals surface area contributed by atoms with Crippen LogP contribution >= 0.6 is 23.2 Å². The number of amides is 1. The number of nitrogens with zero attached hydrogens (tertiary/aromatic N) is 2. The summed E-state index contributed by atoms with van der Waals surface area (Å²) in [6, 6.07) is 11.2. The predicted molar refractivity (Wildman–Crippen MR) is 134 cm³/mol. The maximum absolute atomic E-state index is 13.3. The highest BCUT2D eigenvalue weighted by molar-refractivity contribution is 6.52. The van der Waals surface area contributed by atoms with Crippen LogP contribution in [0, 0.1) is 0 Å². The first kappa shape index (κ1) is 24.6. The first-order valence-corrected chi connectivity index (χ1v) is 11.5. The molecule has 1 aliphatic heterocycles. The summed E-state index contributed by atoms with van der Waals surface area (Å²) in [5.74, 6) is -1.92. The molecular formula is C26H22Cl2N2O5. The molecule has 0 aliphatic carbocycles. The quantitative estimate of drug-likeness (QED) is 0.263. The minimum atomic E-state index is -0.944. The Bertz CT molecular complexity index is 1320. The van der Waals surface area contributed by atoms with Gasteiger partial charge in [0.15, 0.2) is 11.5 Å². The standard InChI is InChI=1S/C26H22Cl2N2O5/c1-4-14-7-9-16(10-8-14)30-21(15-6-5-11-29-13-15)19(23(32)26(30)33)22(31)17-12-18(27)25(35-3)20(28)24(17)34-2/h5-13,21,31H,4H2,1-3H3/b22-19+. The highest BCUT2D eigenvalue weighted by atomic mass is 35.5. The fourth-order valence-electron chi connectivity index (χ4n) is 4.14. The zero-order chi connectivity index (χ0) is 25.3. The second kappa shape index (κ2) is 9.98. The third-order valence-electron chi connectivity index (χ3n) is 5.86. The van der Waals surface area contributed by atoms with Gasteiger partial charge in [0.25, 0.3) is 11.7 Å². The molecule has 35 heavy (non-hydrogen) atoms. The molecule has 0 radical (unpaired) electrons. The molecule has 2 aromatic carbocycles. The van der Waals surface area contributed by atoms with E-state index in [9.17, 15) is 14.7 Å². The summed E-state index contributed by atoms with van der Waals surface area (Å²) in [5, 5.41) is 11.6. The molecule has 0 bridgehead atoms. The smallest absolute Gasteiger partial charge is 0.300 e. The van der Waals surface area contributed by atoms with Gasteiger partial charge in [-0.15, -0.1) is 0 Å². The zero-order valence-electron chi connectivity index (χ0n) is 19.2. The van der Waals surface area contributed by atoms with Crippen LogP contribution < -0.4 is 14.4 Å². The Hall–Kier alpha value is -3.55. The molecule has 0 spiro atoms. The van der Waals surface area contributed by atoms with Gasteiger partial charge < -0.3 is 14.6 Å². The van der Waals surface area contributed by atoms with E-state index in [-0.39, 0.29) is 32.7 Å². The molecule has 1 aliphatic rings. The molecule has 7 nitrogen and oxygen atoms in total. The summed E-state index contributed by atoms with van der Waals surface area (Å²) >= 11 is 12.7. The van der Waals surface area contributed by atoms with Gasteiger partial charge in [-0.1, -0.05) is 48.3 Å². The number of aliphatic hydroxyl groups excluding tert-OH is 1. The van der Waals surface area contributed by atoms with Crippen LogP contribution in [0.1, 0.15) is 29.7 Å². The summed E-state index contributed by atoms with van der Waals surface area (Å²) in [4.78, 5) is 32.1. The van der Waals surface area contributed by atoms with Crippen LogP contribution in [0.15, 0.2) is 60.4 Å². The average Bonchev–Trinajstić information content (AvgIpc) is 3.14. The van der Waals surface area contributed by atoms with Crippen LogP contribution in [-0.2, 0) is 16.0 Å². The highest BCUT2D eigenvalue weighted by Gasteiger charge is 2.47. The largest absolute Gasteiger partial charge is 0.507 e. The van der Waals surface area contributed by atoms with Gasteiger partial charge in [-0.05, 0) is 41.8 Å². The van der Waals surface area contributed by atoms with E-state index in [1.807, 2.05) is 19.1 Å². The minimum absolute atomic E-state index is 0.0198. The number of carbonyl (C=O) groups is 2. The maximum Gasteiger partial charge on any atom is 0.300 e. The van der Waals surface area contributed by atoms with Crippen molar-refractivity contribution in [2.75, 3.05) is 19.1 Å². The average molecular weight is 513 g/mol. The van der Waals surface area contributed by atoms with Crippen LogP contribution in [0.2, 0.25) is 10.0 Å². The van der Waals surface area contributed by atoms with Crippen LogP contribution in [0.3, 0.4) is 0 Å². The number of ketones is 1. The van der Waals surface area contributed by atoms with Gasteiger partial charge in [0.05, 0.1) is 36.4 Å². The number of Topliss-reactive ketones (excluding diaryl/α,β-unsaturated/α-hetero) is 1. The van der Waals surface area contributed by atoms with Crippen molar-refractivity contribution in [3.8, 4) is 11.5 Å². The molecule has 9 heteroatoms. The fourth-order valence-corrected chi connectivity index (χ4v) is 4.82. The van der Waals surface area contributed by atoms with Crippen molar-refractivity contribution in [3.05, 3.63) is 87.2 Å². The number of hydrogen-bond acceptors (Lipinski definition) is 6. The Kier molecular flexibility index (Phi) is 7.00. The molecule has 3 aromatic rings. The number of aliphatic hydroxyl groups is 1. The van der Waals surface area contributed by atoms with E-state index in [0.29, 0.717) is 11.3 Å². The summed E-state index contributed by atoms with van der Waals surface area (Å²) in [7, 11) is 2.75. The molecule has 1 aromatic heterocycles. The van der Waals surface area contributed by atoms with Crippen molar-refractivity contribution < 1.29 is 24.2 Å². The summed E-state index contributed by atoms with van der Waals surface area (Å²) < 4.78 is 10.6. The number of methoxy groups -OCH3 is 2. The molecule has 1 saturated heterocycles. The normalized spacial score (nSPS) is 17.1. The first-order chi connectivity index (χ1) is 16.8. The van der Waals surface area contributed by atoms with Crippen molar-refractivity contribution in [1.29, 1.82) is 0 Å². The lowest BCUT2D eigenvalue weighted by molar-refractivity contribution is -0.132. The molecule has 4 rings (SSSR count). The molecule has 1 amide bonds. The van der Waals surface area contributed by atoms with E-state index in [0.717, 1.165) is 12.0 Å². The Labute approximate surface area is 212 Å². The van der Waals surface area contributed by atoms with Gasteiger partial charge in [-0.3, -0.25) is 19.5 Å². The molecule has 2 heterocycles. The number of rotatable bonds is 6. The van der Waals surface area contributed by atoms with E-state index >= 15 is 0 Å². The van der Waals surface area contributed by atoms with Crippen molar-refractivity contribution in [2.24, 2.45) is 0 Å². The first-order valence-electron chi connectivity index (χ1n) is 10.7. The van der Waals surface area contributed by atoms with Crippen molar-refractivity contribution in [1.82, 2.24) is 4.98 Å².